The van der Waals surface area contributed by atoms with Gasteiger partial charge in [-0.05, 0) is 43.9 Å². The monoisotopic (exact) mass is 427 g/mol. The number of nitrogens with zero attached hydrogens (tertiary/aromatic N) is 3. The Morgan fingerprint density at radius 2 is 1.90 bits per heavy atom. The first-order chi connectivity index (χ1) is 14.5. The predicted molar refractivity (Wildman–Crippen MR) is 126 cm³/mol. The Balaban J connectivity index is 2.27. The van der Waals surface area contributed by atoms with Crippen molar-refractivity contribution in [3.63, 3.8) is 0 Å². The summed E-state index contributed by atoms with van der Waals surface area (Å²) in [5.41, 5.74) is 2.70. The van der Waals surface area contributed by atoms with E-state index in [9.17, 15) is 9.59 Å². The number of amides is 3. The number of rotatable bonds is 8. The Hall–Kier alpha value is -2.83. The van der Waals surface area contributed by atoms with Gasteiger partial charge in [-0.1, -0.05) is 46.8 Å². The molecule has 0 atom stereocenters. The molecule has 0 radical (unpaired) electrons. The lowest BCUT2D eigenvalue weighted by atomic mass is 9.92. The van der Waals surface area contributed by atoms with E-state index in [2.05, 4.69) is 45.3 Å². The molecular weight excluding hydrogens is 390 g/mol. The molecular formula is C24H37N5O2. The molecule has 2 aromatic rings. The molecule has 0 unspecified atom stereocenters. The molecule has 0 aliphatic heterocycles. The summed E-state index contributed by atoms with van der Waals surface area (Å²) in [5.74, 6) is 0.793. The molecule has 0 fully saturated rings. The zero-order valence-corrected chi connectivity index (χ0v) is 20.0. The van der Waals surface area contributed by atoms with Crippen molar-refractivity contribution < 1.29 is 9.59 Å². The standard InChI is InChI=1S/C24H37N5O2/c1-8-25-23(31)28(13-12-17(2)3)16-22(30)26-21-15-20(24(5,6)7)27-29(21)19-11-9-10-18(4)14-19/h9-11,14-15,17H,8,12-13,16H2,1-7H3,(H,25,31)(H,26,30). The normalized spacial score (nSPS) is 11.5. The highest BCUT2D eigenvalue weighted by atomic mass is 16.2. The SMILES string of the molecule is CCNC(=O)N(CCC(C)C)CC(=O)Nc1cc(C(C)(C)C)nn1-c1cccc(C)c1. The third kappa shape index (κ3) is 7.12. The van der Waals surface area contributed by atoms with E-state index in [1.165, 1.54) is 0 Å². The summed E-state index contributed by atoms with van der Waals surface area (Å²) in [6.07, 6.45) is 0.833. The fourth-order valence-corrected chi connectivity index (χ4v) is 3.08. The summed E-state index contributed by atoms with van der Waals surface area (Å²) in [5, 5.41) is 10.5. The van der Waals surface area contributed by atoms with Gasteiger partial charge in [0.1, 0.15) is 12.4 Å². The molecule has 0 saturated carbocycles. The van der Waals surface area contributed by atoms with Crippen molar-refractivity contribution in [2.45, 2.75) is 60.3 Å². The van der Waals surface area contributed by atoms with Crippen molar-refractivity contribution in [3.05, 3.63) is 41.6 Å². The maximum Gasteiger partial charge on any atom is 0.317 e. The van der Waals surface area contributed by atoms with Gasteiger partial charge in [-0.25, -0.2) is 9.48 Å². The zero-order valence-electron chi connectivity index (χ0n) is 20.0. The van der Waals surface area contributed by atoms with Crippen LogP contribution < -0.4 is 10.6 Å². The molecule has 3 amide bonds. The minimum Gasteiger partial charge on any atom is -0.338 e. The molecule has 1 aromatic carbocycles. The number of aromatic nitrogens is 2. The van der Waals surface area contributed by atoms with Crippen LogP contribution in [0.2, 0.25) is 0 Å². The molecule has 0 spiro atoms. The molecule has 2 rings (SSSR count). The van der Waals surface area contributed by atoms with Crippen molar-refractivity contribution in [3.8, 4) is 5.69 Å². The Morgan fingerprint density at radius 1 is 1.19 bits per heavy atom. The van der Waals surface area contributed by atoms with Crippen LogP contribution in [0.3, 0.4) is 0 Å². The fourth-order valence-electron chi connectivity index (χ4n) is 3.08. The van der Waals surface area contributed by atoms with Crippen LogP contribution in [0.5, 0.6) is 0 Å². The van der Waals surface area contributed by atoms with Gasteiger partial charge in [-0.15, -0.1) is 0 Å². The highest BCUT2D eigenvalue weighted by molar-refractivity contribution is 5.94. The van der Waals surface area contributed by atoms with Crippen LogP contribution in [-0.4, -0.2) is 46.3 Å². The lowest BCUT2D eigenvalue weighted by molar-refractivity contribution is -0.116. The molecule has 170 valence electrons. The van der Waals surface area contributed by atoms with Crippen LogP contribution in [0.25, 0.3) is 5.69 Å². The fraction of sp³-hybridized carbons (Fsp3) is 0.542. The molecule has 2 N–H and O–H groups in total. The predicted octanol–water partition coefficient (Wildman–Crippen LogP) is 4.49. The summed E-state index contributed by atoms with van der Waals surface area (Å²) in [4.78, 5) is 26.9. The average molecular weight is 428 g/mol. The number of hydrogen-bond donors (Lipinski definition) is 2. The second-order valence-electron chi connectivity index (χ2n) is 9.40. The lowest BCUT2D eigenvalue weighted by Crippen LogP contribution is -2.44. The van der Waals surface area contributed by atoms with Crippen molar-refractivity contribution in [2.24, 2.45) is 5.92 Å². The molecule has 1 heterocycles. The van der Waals surface area contributed by atoms with E-state index in [0.29, 0.717) is 24.8 Å². The van der Waals surface area contributed by atoms with Crippen LogP contribution in [0, 0.1) is 12.8 Å². The lowest BCUT2D eigenvalue weighted by Gasteiger charge is -2.23. The second-order valence-corrected chi connectivity index (χ2v) is 9.40. The Kier molecular flexibility index (Phi) is 8.25. The summed E-state index contributed by atoms with van der Waals surface area (Å²) in [6, 6.07) is 9.67. The number of carbonyl (C=O) groups is 2. The van der Waals surface area contributed by atoms with Gasteiger partial charge in [0.05, 0.1) is 11.4 Å². The van der Waals surface area contributed by atoms with Gasteiger partial charge in [0, 0.05) is 24.6 Å². The van der Waals surface area contributed by atoms with Crippen molar-refractivity contribution in [2.75, 3.05) is 25.0 Å². The van der Waals surface area contributed by atoms with Crippen LogP contribution in [-0.2, 0) is 10.2 Å². The topological polar surface area (TPSA) is 79.3 Å². The van der Waals surface area contributed by atoms with Crippen molar-refractivity contribution in [1.82, 2.24) is 20.0 Å². The van der Waals surface area contributed by atoms with Gasteiger partial charge in [0.15, 0.2) is 0 Å². The number of carbonyl (C=O) groups excluding carboxylic acids is 2. The highest BCUT2D eigenvalue weighted by Gasteiger charge is 2.23. The third-order valence-corrected chi connectivity index (χ3v) is 4.92. The quantitative estimate of drug-likeness (QED) is 0.651. The molecule has 0 aliphatic carbocycles. The molecule has 7 heteroatoms. The molecule has 31 heavy (non-hydrogen) atoms. The van der Waals surface area contributed by atoms with E-state index in [4.69, 9.17) is 5.10 Å². The van der Waals surface area contributed by atoms with Gasteiger partial charge < -0.3 is 15.5 Å². The van der Waals surface area contributed by atoms with Gasteiger partial charge in [-0.3, -0.25) is 4.79 Å². The number of aryl methyl sites for hydroxylation is 1. The summed E-state index contributed by atoms with van der Waals surface area (Å²) < 4.78 is 1.76. The van der Waals surface area contributed by atoms with Gasteiger partial charge in [0.2, 0.25) is 5.91 Å². The van der Waals surface area contributed by atoms with E-state index in [0.717, 1.165) is 23.4 Å². The average Bonchev–Trinajstić information content (AvgIpc) is 3.09. The maximum atomic E-state index is 12.9. The minimum absolute atomic E-state index is 0.0115. The van der Waals surface area contributed by atoms with Crippen molar-refractivity contribution >= 4 is 17.8 Å². The zero-order chi connectivity index (χ0) is 23.2. The van der Waals surface area contributed by atoms with Gasteiger partial charge >= 0.3 is 6.03 Å². The van der Waals surface area contributed by atoms with E-state index >= 15 is 0 Å². The highest BCUT2D eigenvalue weighted by Crippen LogP contribution is 2.26. The molecule has 7 nitrogen and oxygen atoms in total. The number of hydrogen-bond acceptors (Lipinski definition) is 3. The van der Waals surface area contributed by atoms with Gasteiger partial charge in [0.25, 0.3) is 0 Å². The molecule has 0 aliphatic rings. The molecule has 0 saturated heterocycles. The van der Waals surface area contributed by atoms with Gasteiger partial charge in [-0.2, -0.15) is 5.10 Å². The first-order valence-electron chi connectivity index (χ1n) is 11.0. The van der Waals surface area contributed by atoms with Crippen LogP contribution in [0.1, 0.15) is 59.2 Å². The second kappa shape index (κ2) is 10.5. The molecule has 0 bridgehead atoms. The number of nitrogens with one attached hydrogen (secondary N) is 2. The van der Waals surface area contributed by atoms with Crippen molar-refractivity contribution in [1.29, 1.82) is 0 Å². The summed E-state index contributed by atoms with van der Waals surface area (Å²) in [6.45, 7) is 15.4. The smallest absolute Gasteiger partial charge is 0.317 e. The van der Waals surface area contributed by atoms with E-state index in [1.807, 2.05) is 44.2 Å². The van der Waals surface area contributed by atoms with E-state index < -0.39 is 0 Å². The van der Waals surface area contributed by atoms with Crippen LogP contribution in [0.15, 0.2) is 30.3 Å². The number of anilines is 1. The Bertz CT molecular complexity index is 896. The number of benzene rings is 1. The molecule has 1 aromatic heterocycles. The van der Waals surface area contributed by atoms with Crippen LogP contribution >= 0.6 is 0 Å². The minimum atomic E-state index is -0.246. The first-order valence-corrected chi connectivity index (χ1v) is 11.0. The third-order valence-electron chi connectivity index (χ3n) is 4.92. The Morgan fingerprint density at radius 3 is 2.48 bits per heavy atom. The van der Waals surface area contributed by atoms with E-state index in [1.54, 1.807) is 9.58 Å². The number of urea groups is 1. The first kappa shape index (κ1) is 24.4. The van der Waals surface area contributed by atoms with Crippen LogP contribution in [0.4, 0.5) is 10.6 Å². The summed E-state index contributed by atoms with van der Waals surface area (Å²) in [7, 11) is 0. The Labute approximate surface area is 186 Å². The van der Waals surface area contributed by atoms with E-state index in [-0.39, 0.29) is 23.9 Å². The maximum absolute atomic E-state index is 12.9. The summed E-state index contributed by atoms with van der Waals surface area (Å²) >= 11 is 0. The largest absolute Gasteiger partial charge is 0.338 e.